The second-order valence-electron chi connectivity index (χ2n) is 10.3. The third-order valence-electron chi connectivity index (χ3n) is 8.33. The number of carbonyl (C=O) groups is 2. The van der Waals surface area contributed by atoms with Gasteiger partial charge in [-0.05, 0) is 43.2 Å². The molecule has 164 valence electrons. The smallest absolute Gasteiger partial charge is 0.235 e. The number of hydrogen-bond acceptors (Lipinski definition) is 4. The van der Waals surface area contributed by atoms with Gasteiger partial charge in [0.2, 0.25) is 11.8 Å². The van der Waals surface area contributed by atoms with Gasteiger partial charge in [-0.3, -0.25) is 19.4 Å². The van der Waals surface area contributed by atoms with Gasteiger partial charge in [0, 0.05) is 45.2 Å². The zero-order valence-electron chi connectivity index (χ0n) is 18.9. The van der Waals surface area contributed by atoms with Gasteiger partial charge < -0.3 is 4.90 Å². The van der Waals surface area contributed by atoms with Crippen molar-refractivity contribution in [1.29, 1.82) is 0 Å². The quantitative estimate of drug-likeness (QED) is 0.510. The third kappa shape index (κ3) is 3.82. The number of benzene rings is 1. The highest BCUT2D eigenvalue weighted by Crippen LogP contribution is 2.60. The van der Waals surface area contributed by atoms with E-state index >= 15 is 0 Å². The number of likely N-dealkylation sites (tertiary alicyclic amines) is 1. The Kier molecular flexibility index (Phi) is 6.04. The minimum absolute atomic E-state index is 0.0119. The molecule has 1 aromatic carbocycles. The first-order valence-corrected chi connectivity index (χ1v) is 11.7. The number of imide groups is 1. The van der Waals surface area contributed by atoms with Crippen LogP contribution in [0.25, 0.3) is 0 Å². The molecule has 5 heteroatoms. The number of carbonyl (C=O) groups excluding carboxylic acids is 2. The first-order valence-electron chi connectivity index (χ1n) is 11.7. The minimum Gasteiger partial charge on any atom is -0.301 e. The fourth-order valence-corrected chi connectivity index (χ4v) is 5.73. The molecule has 1 aromatic rings. The van der Waals surface area contributed by atoms with Crippen LogP contribution in [-0.4, -0.2) is 65.8 Å². The Morgan fingerprint density at radius 3 is 2.23 bits per heavy atom. The van der Waals surface area contributed by atoms with Gasteiger partial charge in [-0.1, -0.05) is 51.1 Å². The van der Waals surface area contributed by atoms with E-state index in [-0.39, 0.29) is 28.6 Å². The van der Waals surface area contributed by atoms with E-state index < -0.39 is 0 Å². The summed E-state index contributed by atoms with van der Waals surface area (Å²) >= 11 is 0. The molecule has 3 aliphatic rings. The summed E-state index contributed by atoms with van der Waals surface area (Å²) in [4.78, 5) is 32.7. The van der Waals surface area contributed by atoms with E-state index in [4.69, 9.17) is 0 Å². The van der Waals surface area contributed by atoms with Crippen LogP contribution in [0.2, 0.25) is 0 Å². The molecular weight excluding hydrogens is 374 g/mol. The average molecular weight is 412 g/mol. The van der Waals surface area contributed by atoms with Gasteiger partial charge in [-0.2, -0.15) is 0 Å². The molecule has 0 unspecified atom stereocenters. The molecule has 2 saturated heterocycles. The lowest BCUT2D eigenvalue weighted by Gasteiger charge is -2.47. The van der Waals surface area contributed by atoms with Crippen molar-refractivity contribution in [1.82, 2.24) is 14.7 Å². The normalized spacial score (nSPS) is 29.6. The topological polar surface area (TPSA) is 43.9 Å². The van der Waals surface area contributed by atoms with Crippen molar-refractivity contribution in [3.05, 3.63) is 35.9 Å². The molecule has 30 heavy (non-hydrogen) atoms. The maximum atomic E-state index is 13.1. The predicted octanol–water partition coefficient (Wildman–Crippen LogP) is 3.40. The van der Waals surface area contributed by atoms with Crippen LogP contribution < -0.4 is 0 Å². The fourth-order valence-electron chi connectivity index (χ4n) is 5.73. The van der Waals surface area contributed by atoms with Crippen molar-refractivity contribution in [3.8, 4) is 0 Å². The van der Waals surface area contributed by atoms with Crippen molar-refractivity contribution in [2.24, 2.45) is 16.7 Å². The molecule has 0 N–H and O–H groups in total. The second kappa shape index (κ2) is 8.43. The summed E-state index contributed by atoms with van der Waals surface area (Å²) in [6.07, 6.45) is 3.66. The Morgan fingerprint density at radius 1 is 0.900 bits per heavy atom. The number of rotatable bonds is 7. The molecule has 0 radical (unpaired) electrons. The van der Waals surface area contributed by atoms with Crippen LogP contribution in [0.15, 0.2) is 30.3 Å². The highest BCUT2D eigenvalue weighted by molar-refractivity contribution is 6.03. The van der Waals surface area contributed by atoms with Gasteiger partial charge in [0.05, 0.1) is 5.41 Å². The molecular formula is C25H37N3O2. The Labute approximate surface area is 181 Å². The van der Waals surface area contributed by atoms with Crippen LogP contribution in [0.1, 0.15) is 52.0 Å². The minimum atomic E-state index is -0.374. The SMILES string of the molecule is CC1(C)[C@H]2CC[C@@]1(C)C(=O)N(CCCCN1CCN(Cc3ccccc3)CC1)C2=O. The lowest BCUT2D eigenvalue weighted by atomic mass is 9.62. The molecule has 2 atom stereocenters. The van der Waals surface area contributed by atoms with Crippen LogP contribution in [0.4, 0.5) is 0 Å². The van der Waals surface area contributed by atoms with Gasteiger partial charge in [-0.15, -0.1) is 0 Å². The number of piperazine rings is 1. The Morgan fingerprint density at radius 2 is 1.53 bits per heavy atom. The Hall–Kier alpha value is -1.72. The highest BCUT2D eigenvalue weighted by atomic mass is 16.2. The summed E-state index contributed by atoms with van der Waals surface area (Å²) in [5, 5.41) is 0. The highest BCUT2D eigenvalue weighted by Gasteiger charge is 2.64. The van der Waals surface area contributed by atoms with Gasteiger partial charge in [0.1, 0.15) is 0 Å². The van der Waals surface area contributed by atoms with E-state index in [0.29, 0.717) is 6.54 Å². The molecule has 2 aliphatic heterocycles. The van der Waals surface area contributed by atoms with Gasteiger partial charge >= 0.3 is 0 Å². The lowest BCUT2D eigenvalue weighted by molar-refractivity contribution is -0.167. The van der Waals surface area contributed by atoms with E-state index in [1.165, 1.54) is 5.56 Å². The maximum Gasteiger partial charge on any atom is 0.235 e. The van der Waals surface area contributed by atoms with Crippen molar-refractivity contribution in [2.45, 2.75) is 53.0 Å². The van der Waals surface area contributed by atoms with Crippen molar-refractivity contribution in [2.75, 3.05) is 39.3 Å². The van der Waals surface area contributed by atoms with Crippen LogP contribution in [0, 0.1) is 16.7 Å². The third-order valence-corrected chi connectivity index (χ3v) is 8.33. The Balaban J connectivity index is 1.19. The summed E-state index contributed by atoms with van der Waals surface area (Å²) in [6, 6.07) is 10.7. The molecule has 5 nitrogen and oxygen atoms in total. The second-order valence-corrected chi connectivity index (χ2v) is 10.3. The van der Waals surface area contributed by atoms with Crippen LogP contribution in [-0.2, 0) is 16.1 Å². The number of nitrogens with zero attached hydrogens (tertiary/aromatic N) is 3. The molecule has 1 aliphatic carbocycles. The number of piperidine rings is 1. The molecule has 4 rings (SSSR count). The van der Waals surface area contributed by atoms with E-state index in [2.05, 4.69) is 60.9 Å². The zero-order chi connectivity index (χ0) is 21.4. The molecule has 0 spiro atoms. The fraction of sp³-hybridized carbons (Fsp3) is 0.680. The van der Waals surface area contributed by atoms with Crippen molar-refractivity contribution in [3.63, 3.8) is 0 Å². The number of hydrogen-bond donors (Lipinski definition) is 0. The summed E-state index contributed by atoms with van der Waals surface area (Å²) in [5.41, 5.74) is 0.797. The van der Waals surface area contributed by atoms with Gasteiger partial charge in [0.25, 0.3) is 0 Å². The van der Waals surface area contributed by atoms with Crippen molar-refractivity contribution < 1.29 is 9.59 Å². The van der Waals surface area contributed by atoms with Gasteiger partial charge in [-0.25, -0.2) is 0 Å². The monoisotopic (exact) mass is 411 g/mol. The Bertz CT molecular complexity index is 770. The summed E-state index contributed by atoms with van der Waals surface area (Å²) in [5.74, 6) is 0.160. The average Bonchev–Trinajstić information content (AvgIpc) is 2.93. The van der Waals surface area contributed by atoms with Crippen LogP contribution in [0.5, 0.6) is 0 Å². The summed E-state index contributed by atoms with van der Waals surface area (Å²) < 4.78 is 0. The van der Waals surface area contributed by atoms with Crippen LogP contribution in [0.3, 0.4) is 0 Å². The number of fused-ring (bicyclic) bond motifs is 2. The van der Waals surface area contributed by atoms with Gasteiger partial charge in [0.15, 0.2) is 0 Å². The molecule has 2 heterocycles. The van der Waals surface area contributed by atoms with E-state index in [9.17, 15) is 9.59 Å². The molecule has 2 amide bonds. The number of amides is 2. The first-order chi connectivity index (χ1) is 14.3. The maximum absolute atomic E-state index is 13.1. The van der Waals surface area contributed by atoms with E-state index in [1.807, 2.05) is 0 Å². The van der Waals surface area contributed by atoms with E-state index in [0.717, 1.165) is 65.0 Å². The van der Waals surface area contributed by atoms with Crippen molar-refractivity contribution >= 4 is 11.8 Å². The molecule has 1 saturated carbocycles. The first kappa shape index (κ1) is 21.5. The summed E-state index contributed by atoms with van der Waals surface area (Å²) in [6.45, 7) is 13.4. The standard InChI is InChI=1S/C25H37N3O2/c1-24(2)21-11-12-25(24,3)23(30)28(22(21)29)14-8-7-13-26-15-17-27(18-16-26)19-20-9-5-4-6-10-20/h4-6,9-10,21H,7-8,11-19H2,1-3H3/t21-,25-/m0/s1. The largest absolute Gasteiger partial charge is 0.301 e. The number of unbranched alkanes of at least 4 members (excludes halogenated alkanes) is 1. The molecule has 2 bridgehead atoms. The van der Waals surface area contributed by atoms with Crippen LogP contribution >= 0.6 is 0 Å². The summed E-state index contributed by atoms with van der Waals surface area (Å²) in [7, 11) is 0. The predicted molar refractivity (Wildman–Crippen MR) is 119 cm³/mol. The van der Waals surface area contributed by atoms with E-state index in [1.54, 1.807) is 4.90 Å². The zero-order valence-corrected chi connectivity index (χ0v) is 18.9. The molecule has 3 fully saturated rings. The molecule has 0 aromatic heterocycles. The lowest BCUT2D eigenvalue weighted by Crippen LogP contribution is -2.59.